The maximum atomic E-state index is 12.4. The first-order chi connectivity index (χ1) is 9.82. The van der Waals surface area contributed by atoms with Crippen molar-refractivity contribution in [3.8, 4) is 5.75 Å². The summed E-state index contributed by atoms with van der Waals surface area (Å²) in [6.45, 7) is 3.42. The van der Waals surface area contributed by atoms with E-state index in [-0.39, 0.29) is 5.75 Å². The third-order valence-electron chi connectivity index (χ3n) is 2.67. The van der Waals surface area contributed by atoms with Crippen molar-refractivity contribution in [1.29, 1.82) is 0 Å². The summed E-state index contributed by atoms with van der Waals surface area (Å²) in [5.41, 5.74) is 0.974. The van der Waals surface area contributed by atoms with Crippen LogP contribution in [-0.2, 0) is 23.6 Å². The topological polar surface area (TPSA) is 59.5 Å². The Balaban J connectivity index is 1.93. The third kappa shape index (κ3) is 5.41. The molecule has 0 atom stereocenters. The molecule has 0 spiro atoms. The van der Waals surface area contributed by atoms with Crippen LogP contribution in [0.3, 0.4) is 0 Å². The van der Waals surface area contributed by atoms with Crippen LogP contribution in [0.25, 0.3) is 0 Å². The molecule has 0 radical (unpaired) electrons. The average molecular weight is 330 g/mol. The predicted molar refractivity (Wildman–Crippen MR) is 79.1 cm³/mol. The summed E-state index contributed by atoms with van der Waals surface area (Å²) in [6.07, 6.45) is 1.86. The summed E-state index contributed by atoms with van der Waals surface area (Å²) in [5, 5.41) is 1.03. The smallest absolute Gasteiger partial charge is 0.358 e. The number of benzene rings is 1. The summed E-state index contributed by atoms with van der Waals surface area (Å²) in [5.74, 6) is -0.0398. The predicted octanol–water partition coefficient (Wildman–Crippen LogP) is 2.68. The first kappa shape index (κ1) is 15.9. The highest BCUT2D eigenvalue weighted by Crippen LogP contribution is 2.18. The van der Waals surface area contributed by atoms with E-state index >= 15 is 0 Å². The molecule has 0 saturated heterocycles. The maximum Gasteiger partial charge on any atom is 0.488 e. The Morgan fingerprint density at radius 3 is 2.48 bits per heavy atom. The number of hydrogen-bond acceptors (Lipinski definition) is 6. The van der Waals surface area contributed by atoms with E-state index in [0.717, 1.165) is 17.1 Å². The lowest BCUT2D eigenvalue weighted by Crippen LogP contribution is -2.16. The third-order valence-corrected chi connectivity index (χ3v) is 3.96. The first-order valence-corrected chi connectivity index (χ1v) is 8.27. The number of halogens is 1. The lowest BCUT2D eigenvalue weighted by Gasteiger charge is -2.15. The number of aromatic nitrogens is 1. The van der Waals surface area contributed by atoms with Gasteiger partial charge in [0.1, 0.15) is 5.75 Å². The lowest BCUT2D eigenvalue weighted by molar-refractivity contribution is 0.321. The second-order valence-electron chi connectivity index (χ2n) is 4.64. The quantitative estimate of drug-likeness (QED) is 0.762. The molecule has 0 aliphatic carbocycles. The molecular formula is C13H15FN2O3S2. The van der Waals surface area contributed by atoms with E-state index < -0.39 is 10.5 Å². The van der Waals surface area contributed by atoms with E-state index in [2.05, 4.69) is 14.1 Å². The molecule has 2 rings (SSSR count). The molecule has 8 heteroatoms. The van der Waals surface area contributed by atoms with Gasteiger partial charge in [-0.1, -0.05) is 16.0 Å². The second kappa shape index (κ2) is 6.50. The van der Waals surface area contributed by atoms with E-state index in [1.54, 1.807) is 23.5 Å². The fourth-order valence-electron chi connectivity index (χ4n) is 1.88. The van der Waals surface area contributed by atoms with Gasteiger partial charge in [0.25, 0.3) is 0 Å². The zero-order valence-corrected chi connectivity index (χ0v) is 13.2. The Kier molecular flexibility index (Phi) is 4.92. The van der Waals surface area contributed by atoms with Gasteiger partial charge in [-0.25, -0.2) is 4.98 Å². The fourth-order valence-corrected chi connectivity index (χ4v) is 3.09. The highest BCUT2D eigenvalue weighted by Gasteiger charge is 2.09. The molecule has 1 aromatic heterocycles. The number of nitrogens with zero attached hydrogens (tertiary/aromatic N) is 2. The van der Waals surface area contributed by atoms with Crippen LogP contribution in [0, 0.1) is 6.92 Å². The molecule has 2 aromatic rings. The summed E-state index contributed by atoms with van der Waals surface area (Å²) < 4.78 is 37.2. The van der Waals surface area contributed by atoms with Gasteiger partial charge in [0.15, 0.2) is 0 Å². The molecule has 114 valence electrons. The Morgan fingerprint density at radius 1 is 1.29 bits per heavy atom. The number of thiazole rings is 1. The van der Waals surface area contributed by atoms with Crippen LogP contribution < -0.4 is 4.18 Å². The Labute approximate surface area is 127 Å². The Bertz CT molecular complexity index is 698. The Hall–Kier alpha value is -1.51. The van der Waals surface area contributed by atoms with Gasteiger partial charge in [0, 0.05) is 24.2 Å². The molecule has 21 heavy (non-hydrogen) atoms. The monoisotopic (exact) mass is 330 g/mol. The molecule has 1 aromatic carbocycles. The zero-order chi connectivity index (χ0) is 15.5. The number of aryl methyl sites for hydroxylation is 1. The van der Waals surface area contributed by atoms with Gasteiger partial charge in [-0.3, -0.25) is 4.90 Å². The highest BCUT2D eigenvalue weighted by atomic mass is 32.3. The minimum absolute atomic E-state index is 0.0398. The molecular weight excluding hydrogens is 315 g/mol. The largest absolute Gasteiger partial charge is 0.488 e. The van der Waals surface area contributed by atoms with Crippen LogP contribution in [0.1, 0.15) is 15.4 Å². The average Bonchev–Trinajstić information content (AvgIpc) is 2.75. The van der Waals surface area contributed by atoms with E-state index in [1.807, 2.05) is 20.2 Å². The van der Waals surface area contributed by atoms with Crippen molar-refractivity contribution in [2.45, 2.75) is 20.0 Å². The van der Waals surface area contributed by atoms with Crippen molar-refractivity contribution < 1.29 is 16.5 Å². The number of hydrogen-bond donors (Lipinski definition) is 0. The van der Waals surface area contributed by atoms with Crippen molar-refractivity contribution in [3.63, 3.8) is 0 Å². The first-order valence-electron chi connectivity index (χ1n) is 6.15. The lowest BCUT2D eigenvalue weighted by atomic mass is 10.2. The minimum Gasteiger partial charge on any atom is -0.358 e. The van der Waals surface area contributed by atoms with Crippen LogP contribution in [0.15, 0.2) is 30.5 Å². The van der Waals surface area contributed by atoms with Crippen LogP contribution in [0.4, 0.5) is 3.89 Å². The molecule has 0 bridgehead atoms. The zero-order valence-electron chi connectivity index (χ0n) is 11.6. The van der Waals surface area contributed by atoms with Gasteiger partial charge in [0.05, 0.1) is 5.01 Å². The van der Waals surface area contributed by atoms with E-state index in [9.17, 15) is 12.3 Å². The van der Waals surface area contributed by atoms with Crippen molar-refractivity contribution in [1.82, 2.24) is 9.88 Å². The van der Waals surface area contributed by atoms with Crippen molar-refractivity contribution in [3.05, 3.63) is 45.9 Å². The van der Waals surface area contributed by atoms with Crippen LogP contribution in [0.2, 0.25) is 0 Å². The van der Waals surface area contributed by atoms with Crippen molar-refractivity contribution >= 4 is 21.8 Å². The molecule has 0 amide bonds. The van der Waals surface area contributed by atoms with Crippen LogP contribution in [-0.4, -0.2) is 25.3 Å². The van der Waals surface area contributed by atoms with E-state index in [1.165, 1.54) is 17.0 Å². The molecule has 0 fully saturated rings. The number of rotatable bonds is 6. The van der Waals surface area contributed by atoms with E-state index in [0.29, 0.717) is 6.54 Å². The molecule has 0 N–H and O–H groups in total. The van der Waals surface area contributed by atoms with Gasteiger partial charge < -0.3 is 4.18 Å². The summed E-state index contributed by atoms with van der Waals surface area (Å²) in [4.78, 5) is 7.49. The summed E-state index contributed by atoms with van der Waals surface area (Å²) >= 11 is 1.65. The summed E-state index contributed by atoms with van der Waals surface area (Å²) in [7, 11) is -2.99. The standard InChI is InChI=1S/C13H15FN2O3S2/c1-10-15-7-13(20-10)9-16(2)8-11-3-5-12(6-4-11)19-21(14,17)18/h3-7H,8-9H2,1-2H3. The van der Waals surface area contributed by atoms with Crippen LogP contribution in [0.5, 0.6) is 5.75 Å². The van der Waals surface area contributed by atoms with Crippen molar-refractivity contribution in [2.24, 2.45) is 0 Å². The van der Waals surface area contributed by atoms with Crippen LogP contribution >= 0.6 is 11.3 Å². The molecule has 0 unspecified atom stereocenters. The molecule has 0 aliphatic rings. The second-order valence-corrected chi connectivity index (χ2v) is 6.91. The normalized spacial score (nSPS) is 11.8. The molecule has 5 nitrogen and oxygen atoms in total. The van der Waals surface area contributed by atoms with Crippen molar-refractivity contribution in [2.75, 3.05) is 7.05 Å². The molecule has 0 saturated carbocycles. The molecule has 1 heterocycles. The van der Waals surface area contributed by atoms with Gasteiger partial charge >= 0.3 is 10.5 Å². The Morgan fingerprint density at radius 2 is 1.95 bits per heavy atom. The van der Waals surface area contributed by atoms with Gasteiger partial charge in [-0.05, 0) is 31.7 Å². The van der Waals surface area contributed by atoms with E-state index in [4.69, 9.17) is 0 Å². The summed E-state index contributed by atoms with van der Waals surface area (Å²) in [6, 6.07) is 6.26. The minimum atomic E-state index is -4.97. The highest BCUT2D eigenvalue weighted by molar-refractivity contribution is 7.81. The van der Waals surface area contributed by atoms with Gasteiger partial charge in [-0.15, -0.1) is 11.3 Å². The fraction of sp³-hybridized carbons (Fsp3) is 0.308. The SMILES string of the molecule is Cc1ncc(CN(C)Cc2ccc(OS(=O)(=O)F)cc2)s1. The maximum absolute atomic E-state index is 12.4. The van der Waals surface area contributed by atoms with Gasteiger partial charge in [0.2, 0.25) is 0 Å². The van der Waals surface area contributed by atoms with Gasteiger partial charge in [-0.2, -0.15) is 8.42 Å². The molecule has 0 aliphatic heterocycles.